The standard InChI is InChI=1S/C22H17N3OS/c1-15-12-13-23-18(14-15)24-21(26)20-19(16-8-4-2-5-9-16)25-22(27-20)17-10-6-3-7-11-17/h2-14H,1H3,(H,23,24,26). The highest BCUT2D eigenvalue weighted by atomic mass is 32.1. The molecule has 0 saturated carbocycles. The molecule has 0 radical (unpaired) electrons. The van der Waals surface area contributed by atoms with E-state index < -0.39 is 0 Å². The van der Waals surface area contributed by atoms with Gasteiger partial charge in [0.2, 0.25) is 0 Å². The van der Waals surface area contributed by atoms with Crippen molar-refractivity contribution < 1.29 is 4.79 Å². The van der Waals surface area contributed by atoms with Crippen molar-refractivity contribution in [1.82, 2.24) is 9.97 Å². The van der Waals surface area contributed by atoms with Crippen LogP contribution in [0.1, 0.15) is 15.2 Å². The number of amides is 1. The summed E-state index contributed by atoms with van der Waals surface area (Å²) in [5.74, 6) is 0.334. The van der Waals surface area contributed by atoms with Crippen molar-refractivity contribution in [2.45, 2.75) is 6.92 Å². The normalized spacial score (nSPS) is 10.6. The maximum atomic E-state index is 13.0. The first-order chi connectivity index (χ1) is 13.2. The van der Waals surface area contributed by atoms with Crippen molar-refractivity contribution in [3.63, 3.8) is 0 Å². The number of benzene rings is 2. The number of nitrogens with zero attached hydrogens (tertiary/aromatic N) is 2. The van der Waals surface area contributed by atoms with Crippen LogP contribution in [-0.2, 0) is 0 Å². The van der Waals surface area contributed by atoms with E-state index >= 15 is 0 Å². The van der Waals surface area contributed by atoms with Crippen molar-refractivity contribution in [2.75, 3.05) is 5.32 Å². The molecule has 132 valence electrons. The zero-order valence-corrected chi connectivity index (χ0v) is 15.5. The Morgan fingerprint density at radius 1 is 0.926 bits per heavy atom. The molecule has 0 aliphatic carbocycles. The maximum absolute atomic E-state index is 13.0. The van der Waals surface area contributed by atoms with Crippen LogP contribution in [0.4, 0.5) is 5.82 Å². The number of nitrogens with one attached hydrogen (secondary N) is 1. The third-order valence-electron chi connectivity index (χ3n) is 4.06. The van der Waals surface area contributed by atoms with Gasteiger partial charge in [0.1, 0.15) is 15.7 Å². The maximum Gasteiger partial charge on any atom is 0.269 e. The number of pyridine rings is 1. The number of carbonyl (C=O) groups excluding carboxylic acids is 1. The van der Waals surface area contributed by atoms with Crippen LogP contribution in [0.25, 0.3) is 21.8 Å². The van der Waals surface area contributed by atoms with Gasteiger partial charge in [0.05, 0.1) is 5.69 Å². The number of aryl methyl sites for hydroxylation is 1. The Kier molecular flexibility index (Phi) is 4.77. The number of carbonyl (C=O) groups is 1. The highest BCUT2D eigenvalue weighted by molar-refractivity contribution is 7.17. The quantitative estimate of drug-likeness (QED) is 0.520. The van der Waals surface area contributed by atoms with E-state index in [1.165, 1.54) is 11.3 Å². The van der Waals surface area contributed by atoms with Crippen LogP contribution in [-0.4, -0.2) is 15.9 Å². The third kappa shape index (κ3) is 3.78. The molecule has 0 unspecified atom stereocenters. The number of anilines is 1. The summed E-state index contributed by atoms with van der Waals surface area (Å²) in [4.78, 5) is 22.5. The fraction of sp³-hybridized carbons (Fsp3) is 0.0455. The van der Waals surface area contributed by atoms with Gasteiger partial charge in [-0.1, -0.05) is 60.7 Å². The molecule has 0 aliphatic heterocycles. The van der Waals surface area contributed by atoms with E-state index in [0.717, 1.165) is 21.7 Å². The minimum Gasteiger partial charge on any atom is -0.306 e. The summed E-state index contributed by atoms with van der Waals surface area (Å²) in [7, 11) is 0. The molecule has 0 aliphatic rings. The predicted molar refractivity (Wildman–Crippen MR) is 110 cm³/mol. The van der Waals surface area contributed by atoms with Gasteiger partial charge in [-0.3, -0.25) is 4.79 Å². The first-order valence-electron chi connectivity index (χ1n) is 8.56. The van der Waals surface area contributed by atoms with Crippen LogP contribution in [0.5, 0.6) is 0 Å². The fourth-order valence-corrected chi connectivity index (χ4v) is 3.74. The topological polar surface area (TPSA) is 54.9 Å². The van der Waals surface area contributed by atoms with Crippen molar-refractivity contribution in [3.8, 4) is 21.8 Å². The second-order valence-electron chi connectivity index (χ2n) is 6.10. The van der Waals surface area contributed by atoms with E-state index in [-0.39, 0.29) is 5.91 Å². The van der Waals surface area contributed by atoms with Crippen molar-refractivity contribution in [1.29, 1.82) is 0 Å². The number of rotatable bonds is 4. The second kappa shape index (κ2) is 7.51. The number of hydrogen-bond donors (Lipinski definition) is 1. The minimum atomic E-state index is -0.202. The molecule has 4 nitrogen and oxygen atoms in total. The van der Waals surface area contributed by atoms with Gasteiger partial charge in [0, 0.05) is 17.3 Å². The lowest BCUT2D eigenvalue weighted by molar-refractivity contribution is 0.103. The van der Waals surface area contributed by atoms with Gasteiger partial charge in [-0.2, -0.15) is 0 Å². The smallest absolute Gasteiger partial charge is 0.269 e. The molecular weight excluding hydrogens is 354 g/mol. The summed E-state index contributed by atoms with van der Waals surface area (Å²) >= 11 is 1.39. The summed E-state index contributed by atoms with van der Waals surface area (Å²) in [5.41, 5.74) is 3.63. The van der Waals surface area contributed by atoms with Crippen molar-refractivity contribution >= 4 is 23.1 Å². The number of aromatic nitrogens is 2. The molecule has 0 saturated heterocycles. The van der Waals surface area contributed by atoms with Gasteiger partial charge in [-0.05, 0) is 24.6 Å². The predicted octanol–water partition coefficient (Wildman–Crippen LogP) is 5.43. The second-order valence-corrected chi connectivity index (χ2v) is 7.10. The van der Waals surface area contributed by atoms with Gasteiger partial charge in [-0.15, -0.1) is 11.3 Å². The summed E-state index contributed by atoms with van der Waals surface area (Å²) in [6, 6.07) is 23.4. The molecule has 0 atom stereocenters. The highest BCUT2D eigenvalue weighted by Gasteiger charge is 2.20. The first kappa shape index (κ1) is 17.1. The summed E-state index contributed by atoms with van der Waals surface area (Å²) < 4.78 is 0. The molecule has 2 heterocycles. The Morgan fingerprint density at radius 3 is 2.26 bits per heavy atom. The van der Waals surface area contributed by atoms with Gasteiger partial charge < -0.3 is 5.32 Å². The van der Waals surface area contributed by atoms with Gasteiger partial charge in [0.25, 0.3) is 5.91 Å². The largest absolute Gasteiger partial charge is 0.306 e. The molecule has 4 aromatic rings. The number of hydrogen-bond acceptors (Lipinski definition) is 4. The SMILES string of the molecule is Cc1ccnc(NC(=O)c2sc(-c3ccccc3)nc2-c2ccccc2)c1. The van der Waals surface area contributed by atoms with Gasteiger partial charge in [0.15, 0.2) is 0 Å². The van der Waals surface area contributed by atoms with E-state index in [1.807, 2.05) is 79.7 Å². The first-order valence-corrected chi connectivity index (χ1v) is 9.38. The zero-order chi connectivity index (χ0) is 18.6. The van der Waals surface area contributed by atoms with E-state index in [1.54, 1.807) is 6.20 Å². The summed E-state index contributed by atoms with van der Waals surface area (Å²) in [6.07, 6.45) is 1.69. The molecule has 0 bridgehead atoms. The fourth-order valence-electron chi connectivity index (χ4n) is 2.75. The van der Waals surface area contributed by atoms with E-state index in [9.17, 15) is 4.79 Å². The van der Waals surface area contributed by atoms with Crippen LogP contribution < -0.4 is 5.32 Å². The Morgan fingerprint density at radius 2 is 1.59 bits per heavy atom. The zero-order valence-electron chi connectivity index (χ0n) is 14.7. The average Bonchev–Trinajstić information content (AvgIpc) is 3.15. The van der Waals surface area contributed by atoms with Crippen molar-refractivity contribution in [3.05, 3.63) is 89.4 Å². The lowest BCUT2D eigenvalue weighted by Crippen LogP contribution is -2.12. The Balaban J connectivity index is 1.76. The molecular formula is C22H17N3OS. The van der Waals surface area contributed by atoms with Crippen molar-refractivity contribution in [2.24, 2.45) is 0 Å². The Labute approximate surface area is 161 Å². The van der Waals surface area contributed by atoms with Gasteiger partial charge >= 0.3 is 0 Å². The minimum absolute atomic E-state index is 0.202. The molecule has 0 fully saturated rings. The van der Waals surface area contributed by atoms with Crippen LogP contribution in [0.3, 0.4) is 0 Å². The molecule has 2 aromatic carbocycles. The van der Waals surface area contributed by atoms with Crippen LogP contribution in [0, 0.1) is 6.92 Å². The number of thiazole rings is 1. The molecule has 4 rings (SSSR count). The van der Waals surface area contributed by atoms with Gasteiger partial charge in [-0.25, -0.2) is 9.97 Å². The molecule has 1 N–H and O–H groups in total. The molecule has 1 amide bonds. The van der Waals surface area contributed by atoms with Crippen LogP contribution in [0.15, 0.2) is 79.0 Å². The average molecular weight is 371 g/mol. The molecule has 27 heavy (non-hydrogen) atoms. The summed E-state index contributed by atoms with van der Waals surface area (Å²) in [5, 5.41) is 3.71. The monoisotopic (exact) mass is 371 g/mol. The Hall–Kier alpha value is -3.31. The molecule has 0 spiro atoms. The summed E-state index contributed by atoms with van der Waals surface area (Å²) in [6.45, 7) is 1.97. The van der Waals surface area contributed by atoms with E-state index in [2.05, 4.69) is 10.3 Å². The lowest BCUT2D eigenvalue weighted by Gasteiger charge is -2.05. The van der Waals surface area contributed by atoms with E-state index in [0.29, 0.717) is 16.4 Å². The van der Waals surface area contributed by atoms with Crippen LogP contribution >= 0.6 is 11.3 Å². The Bertz CT molecular complexity index is 1080. The van der Waals surface area contributed by atoms with Crippen LogP contribution in [0.2, 0.25) is 0 Å². The van der Waals surface area contributed by atoms with E-state index in [4.69, 9.17) is 4.98 Å². The lowest BCUT2D eigenvalue weighted by atomic mass is 10.1. The molecule has 2 aromatic heterocycles. The highest BCUT2D eigenvalue weighted by Crippen LogP contribution is 2.34. The molecule has 5 heteroatoms. The third-order valence-corrected chi connectivity index (χ3v) is 5.16.